The lowest BCUT2D eigenvalue weighted by Gasteiger charge is -2.38. The molecule has 5 rings (SSSR count). The van der Waals surface area contributed by atoms with Crippen LogP contribution in [0.2, 0.25) is 0 Å². The highest BCUT2D eigenvalue weighted by Crippen LogP contribution is 2.36. The Hall–Kier alpha value is -5.08. The van der Waals surface area contributed by atoms with Crippen molar-refractivity contribution >= 4 is 17.5 Å². The fourth-order valence-electron chi connectivity index (χ4n) is 6.13. The molecule has 1 aliphatic heterocycles. The highest BCUT2D eigenvalue weighted by molar-refractivity contribution is 6.02. The Balaban J connectivity index is 1.29. The summed E-state index contributed by atoms with van der Waals surface area (Å²) in [5.41, 5.74) is 0.507. The lowest BCUT2D eigenvalue weighted by Crippen LogP contribution is -2.49. The van der Waals surface area contributed by atoms with E-state index in [1.165, 1.54) is 18.2 Å². The van der Waals surface area contributed by atoms with Crippen molar-refractivity contribution in [1.29, 1.82) is 0 Å². The standard InChI is InChI=1S/C40H41F6N3O5/c1-25-20-49(26(2)23-50)38(52)33-8-5-9-34(47-36(51)19-27-10-14-30(15-11-27)39(41,42)43)37(33)54-35(25)22-48(3)21-28-12-16-32(17-13-28)53-24-29-6-4-7-31(18-29)40(44,45)46/h4-18,25-26,35,50H,19-24H2,1-3H3,(H,47,51)/t25-,26+,35-/m1/s1. The molecule has 0 spiro atoms. The summed E-state index contributed by atoms with van der Waals surface area (Å²) in [5.74, 6) is -0.514. The van der Waals surface area contributed by atoms with Crippen molar-refractivity contribution in [2.45, 2.75) is 57.9 Å². The molecule has 0 saturated carbocycles. The molecular formula is C40H41F6N3O5. The molecule has 1 aliphatic rings. The highest BCUT2D eigenvalue weighted by atomic mass is 19.4. The first-order chi connectivity index (χ1) is 25.5. The van der Waals surface area contributed by atoms with Gasteiger partial charge >= 0.3 is 12.4 Å². The fraction of sp³-hybridized carbons (Fsp3) is 0.350. The molecule has 14 heteroatoms. The van der Waals surface area contributed by atoms with Gasteiger partial charge in [-0.15, -0.1) is 0 Å². The summed E-state index contributed by atoms with van der Waals surface area (Å²) < 4.78 is 90.6. The van der Waals surface area contributed by atoms with E-state index in [0.29, 0.717) is 30.0 Å². The Labute approximate surface area is 309 Å². The summed E-state index contributed by atoms with van der Waals surface area (Å²) in [6.45, 7) is 4.50. The van der Waals surface area contributed by atoms with Gasteiger partial charge in [0.25, 0.3) is 5.91 Å². The summed E-state index contributed by atoms with van der Waals surface area (Å²) in [5, 5.41) is 12.8. The van der Waals surface area contributed by atoms with E-state index in [1.807, 2.05) is 31.0 Å². The number of carbonyl (C=O) groups is 2. The van der Waals surface area contributed by atoms with Crippen LogP contribution in [0.15, 0.2) is 91.0 Å². The largest absolute Gasteiger partial charge is 0.489 e. The highest BCUT2D eigenvalue weighted by Gasteiger charge is 2.35. The number of likely N-dealkylation sites (N-methyl/N-ethyl adjacent to an activating group) is 1. The molecule has 0 aliphatic carbocycles. The van der Waals surface area contributed by atoms with Crippen molar-refractivity contribution in [2.24, 2.45) is 5.92 Å². The second-order valence-electron chi connectivity index (χ2n) is 13.6. The first-order valence-corrected chi connectivity index (χ1v) is 17.3. The smallest absolute Gasteiger partial charge is 0.416 e. The molecule has 0 fully saturated rings. The quantitative estimate of drug-likeness (QED) is 0.143. The molecule has 54 heavy (non-hydrogen) atoms. The summed E-state index contributed by atoms with van der Waals surface area (Å²) in [4.78, 5) is 30.6. The van der Waals surface area contributed by atoms with Crippen molar-refractivity contribution in [3.8, 4) is 11.5 Å². The van der Waals surface area contributed by atoms with Gasteiger partial charge in [-0.25, -0.2) is 0 Å². The van der Waals surface area contributed by atoms with E-state index >= 15 is 0 Å². The molecule has 2 amide bonds. The van der Waals surface area contributed by atoms with Gasteiger partial charge in [0.2, 0.25) is 5.91 Å². The first kappa shape index (κ1) is 40.1. The SMILES string of the molecule is C[C@@H]1CN([C@@H](C)CO)C(=O)c2cccc(NC(=O)Cc3ccc(C(F)(F)F)cc3)c2O[C@@H]1CN(C)Cc1ccc(OCc2cccc(C(F)(F)F)c2)cc1. The number of nitrogens with one attached hydrogen (secondary N) is 1. The molecule has 288 valence electrons. The average molecular weight is 758 g/mol. The summed E-state index contributed by atoms with van der Waals surface area (Å²) in [6, 6.07) is 20.7. The van der Waals surface area contributed by atoms with E-state index in [1.54, 1.807) is 48.2 Å². The van der Waals surface area contributed by atoms with Crippen LogP contribution in [0, 0.1) is 5.92 Å². The minimum Gasteiger partial charge on any atom is -0.489 e. The van der Waals surface area contributed by atoms with Crippen LogP contribution >= 0.6 is 0 Å². The number of aliphatic hydroxyl groups is 1. The molecule has 0 unspecified atom stereocenters. The number of aliphatic hydroxyl groups excluding tert-OH is 1. The van der Waals surface area contributed by atoms with Crippen molar-refractivity contribution in [3.63, 3.8) is 0 Å². The van der Waals surface area contributed by atoms with Gasteiger partial charge in [-0.2, -0.15) is 26.3 Å². The molecule has 0 radical (unpaired) electrons. The number of anilines is 1. The van der Waals surface area contributed by atoms with Crippen molar-refractivity contribution < 1.29 is 50.5 Å². The van der Waals surface area contributed by atoms with Crippen LogP contribution in [0.25, 0.3) is 0 Å². The number of hydrogen-bond acceptors (Lipinski definition) is 6. The number of carbonyl (C=O) groups excluding carboxylic acids is 2. The van der Waals surface area contributed by atoms with Crippen LogP contribution in [0.1, 0.15) is 52.0 Å². The number of rotatable bonds is 12. The zero-order chi connectivity index (χ0) is 39.2. The number of nitrogens with zero attached hydrogens (tertiary/aromatic N) is 2. The Kier molecular flexibility index (Phi) is 12.6. The molecule has 3 atom stereocenters. The van der Waals surface area contributed by atoms with E-state index in [-0.39, 0.29) is 55.0 Å². The van der Waals surface area contributed by atoms with Gasteiger partial charge in [0.1, 0.15) is 18.5 Å². The number of benzene rings is 4. The average Bonchev–Trinajstić information content (AvgIpc) is 3.12. The monoisotopic (exact) mass is 757 g/mol. The third-order valence-corrected chi connectivity index (χ3v) is 9.14. The lowest BCUT2D eigenvalue weighted by molar-refractivity contribution is -0.138. The normalized spacial score (nSPS) is 16.9. The topological polar surface area (TPSA) is 91.3 Å². The maximum Gasteiger partial charge on any atom is 0.416 e. The van der Waals surface area contributed by atoms with Crippen molar-refractivity contribution in [1.82, 2.24) is 9.80 Å². The molecule has 0 saturated heterocycles. The van der Waals surface area contributed by atoms with Crippen LogP contribution in [-0.2, 0) is 36.7 Å². The Morgan fingerprint density at radius 3 is 2.22 bits per heavy atom. The van der Waals surface area contributed by atoms with Crippen LogP contribution < -0.4 is 14.8 Å². The number of alkyl halides is 6. The van der Waals surface area contributed by atoms with E-state index in [9.17, 15) is 41.0 Å². The number of ether oxygens (including phenoxy) is 2. The van der Waals surface area contributed by atoms with E-state index in [2.05, 4.69) is 5.32 Å². The second kappa shape index (κ2) is 16.9. The third kappa shape index (κ3) is 10.3. The number of amides is 2. The van der Waals surface area contributed by atoms with Crippen LogP contribution in [0.5, 0.6) is 11.5 Å². The summed E-state index contributed by atoms with van der Waals surface area (Å²) in [7, 11) is 1.89. The zero-order valence-corrected chi connectivity index (χ0v) is 29.9. The van der Waals surface area contributed by atoms with Gasteiger partial charge in [-0.1, -0.05) is 49.4 Å². The van der Waals surface area contributed by atoms with Gasteiger partial charge < -0.3 is 24.8 Å². The van der Waals surface area contributed by atoms with Gasteiger partial charge in [-0.3, -0.25) is 14.5 Å². The molecule has 4 aromatic carbocycles. The number of para-hydroxylation sites is 1. The number of fused-ring (bicyclic) bond motifs is 1. The summed E-state index contributed by atoms with van der Waals surface area (Å²) >= 11 is 0. The molecule has 0 aromatic heterocycles. The molecule has 4 aromatic rings. The Morgan fingerprint density at radius 1 is 0.926 bits per heavy atom. The van der Waals surface area contributed by atoms with Crippen LogP contribution in [0.4, 0.5) is 32.0 Å². The zero-order valence-electron chi connectivity index (χ0n) is 29.9. The van der Waals surface area contributed by atoms with Gasteiger partial charge in [0.15, 0.2) is 5.75 Å². The third-order valence-electron chi connectivity index (χ3n) is 9.14. The van der Waals surface area contributed by atoms with Gasteiger partial charge in [0, 0.05) is 25.6 Å². The Bertz CT molecular complexity index is 1900. The minimum absolute atomic E-state index is 0.0343. The predicted molar refractivity (Wildman–Crippen MR) is 190 cm³/mol. The van der Waals surface area contributed by atoms with Crippen LogP contribution in [-0.4, -0.2) is 65.6 Å². The number of halogens is 6. The first-order valence-electron chi connectivity index (χ1n) is 17.3. The van der Waals surface area contributed by atoms with Gasteiger partial charge in [0.05, 0.1) is 41.4 Å². The molecular weight excluding hydrogens is 716 g/mol. The van der Waals surface area contributed by atoms with E-state index < -0.39 is 41.5 Å². The Morgan fingerprint density at radius 2 is 1.57 bits per heavy atom. The number of hydrogen-bond donors (Lipinski definition) is 2. The predicted octanol–water partition coefficient (Wildman–Crippen LogP) is 7.84. The molecule has 8 nitrogen and oxygen atoms in total. The van der Waals surface area contributed by atoms with E-state index in [0.717, 1.165) is 29.8 Å². The summed E-state index contributed by atoms with van der Waals surface area (Å²) in [6.07, 6.45) is -9.67. The van der Waals surface area contributed by atoms with Crippen LogP contribution in [0.3, 0.4) is 0 Å². The van der Waals surface area contributed by atoms with E-state index in [4.69, 9.17) is 9.47 Å². The molecule has 0 bridgehead atoms. The van der Waals surface area contributed by atoms with Crippen molar-refractivity contribution in [2.75, 3.05) is 32.1 Å². The maximum absolute atomic E-state index is 13.8. The van der Waals surface area contributed by atoms with Gasteiger partial charge in [-0.05, 0) is 79.2 Å². The minimum atomic E-state index is -4.51. The fourth-order valence-corrected chi connectivity index (χ4v) is 6.13. The maximum atomic E-state index is 13.8. The second-order valence-corrected chi connectivity index (χ2v) is 13.6. The lowest BCUT2D eigenvalue weighted by atomic mass is 9.98. The molecule has 1 heterocycles. The molecule has 2 N–H and O–H groups in total. The van der Waals surface area contributed by atoms with Crippen molar-refractivity contribution in [3.05, 3.63) is 124 Å².